The van der Waals surface area contributed by atoms with Crippen molar-refractivity contribution in [3.8, 4) is 28.6 Å². The summed E-state index contributed by atoms with van der Waals surface area (Å²) in [4.78, 5) is 0. The largest absolute Gasteiger partial charge is 0.504 e. The van der Waals surface area contributed by atoms with Gasteiger partial charge in [-0.25, -0.2) is 5.10 Å². The lowest BCUT2D eigenvalue weighted by Crippen LogP contribution is -1.97. The molecule has 26 heavy (non-hydrogen) atoms. The van der Waals surface area contributed by atoms with Crippen LogP contribution in [0.1, 0.15) is 12.5 Å². The van der Waals surface area contributed by atoms with E-state index in [1.165, 1.54) is 4.68 Å². The Morgan fingerprint density at radius 2 is 2.08 bits per heavy atom. The normalized spacial score (nSPS) is 11.0. The number of methoxy groups -OCH3 is 1. The third kappa shape index (κ3) is 3.60. The van der Waals surface area contributed by atoms with Gasteiger partial charge in [-0.2, -0.15) is 14.9 Å². The van der Waals surface area contributed by atoms with Gasteiger partial charge in [0.1, 0.15) is 5.75 Å². The van der Waals surface area contributed by atoms with E-state index < -0.39 is 0 Å². The maximum absolute atomic E-state index is 9.79. The van der Waals surface area contributed by atoms with Crippen molar-refractivity contribution >= 4 is 18.4 Å². The van der Waals surface area contributed by atoms with Crippen molar-refractivity contribution in [2.24, 2.45) is 5.10 Å². The molecule has 1 heterocycles. The number of aromatic hydroxyl groups is 1. The smallest absolute Gasteiger partial charge is 0.216 e. The molecule has 134 valence electrons. The second-order valence-corrected chi connectivity index (χ2v) is 5.66. The van der Waals surface area contributed by atoms with Crippen molar-refractivity contribution < 1.29 is 14.6 Å². The summed E-state index contributed by atoms with van der Waals surface area (Å²) in [6.07, 6.45) is 1.62. The molecule has 0 amide bonds. The number of nitrogens with zero attached hydrogens (tertiary/aromatic N) is 3. The summed E-state index contributed by atoms with van der Waals surface area (Å²) >= 11 is 5.28. The molecule has 1 aromatic heterocycles. The van der Waals surface area contributed by atoms with Crippen LogP contribution in [0.25, 0.3) is 11.4 Å². The Labute approximate surface area is 155 Å². The SMILES string of the molecule is CCOc1cc(C=Nn2c(-c3ccccc3OC)n[nH]c2=S)ccc1O. The fourth-order valence-electron chi connectivity index (χ4n) is 2.41. The van der Waals surface area contributed by atoms with E-state index in [-0.39, 0.29) is 5.75 Å². The van der Waals surface area contributed by atoms with Crippen LogP contribution in [0.2, 0.25) is 0 Å². The highest BCUT2D eigenvalue weighted by atomic mass is 32.1. The average molecular weight is 370 g/mol. The van der Waals surface area contributed by atoms with E-state index >= 15 is 0 Å². The predicted octanol–water partition coefficient (Wildman–Crippen LogP) is 3.60. The van der Waals surface area contributed by atoms with Crippen molar-refractivity contribution in [1.29, 1.82) is 0 Å². The number of H-pyrrole nitrogens is 1. The minimum Gasteiger partial charge on any atom is -0.504 e. The van der Waals surface area contributed by atoms with Gasteiger partial charge in [0.05, 0.1) is 25.5 Å². The number of aromatic nitrogens is 3. The molecule has 0 fully saturated rings. The average Bonchev–Trinajstić information content (AvgIpc) is 3.03. The van der Waals surface area contributed by atoms with Gasteiger partial charge in [-0.3, -0.25) is 0 Å². The van der Waals surface area contributed by atoms with Crippen LogP contribution in [-0.2, 0) is 0 Å². The molecule has 0 radical (unpaired) electrons. The molecule has 0 aliphatic heterocycles. The second kappa shape index (κ2) is 7.83. The maximum atomic E-state index is 9.79. The van der Waals surface area contributed by atoms with Crippen molar-refractivity contribution in [1.82, 2.24) is 14.9 Å². The Morgan fingerprint density at radius 3 is 2.85 bits per heavy atom. The van der Waals surface area contributed by atoms with E-state index in [4.69, 9.17) is 21.7 Å². The Kier molecular flexibility index (Phi) is 5.33. The Balaban J connectivity index is 1.99. The number of phenols is 1. The first-order valence-electron chi connectivity index (χ1n) is 7.95. The second-order valence-electron chi connectivity index (χ2n) is 5.27. The van der Waals surface area contributed by atoms with Crippen LogP contribution >= 0.6 is 12.2 Å². The van der Waals surface area contributed by atoms with Crippen LogP contribution in [0.3, 0.4) is 0 Å². The number of para-hydroxylation sites is 1. The highest BCUT2D eigenvalue weighted by molar-refractivity contribution is 7.71. The molecule has 0 bridgehead atoms. The summed E-state index contributed by atoms with van der Waals surface area (Å²) in [6.45, 7) is 2.31. The van der Waals surface area contributed by atoms with Crippen molar-refractivity contribution in [3.05, 3.63) is 52.8 Å². The van der Waals surface area contributed by atoms with Crippen molar-refractivity contribution in [3.63, 3.8) is 0 Å². The minimum atomic E-state index is 0.0821. The third-order valence-electron chi connectivity index (χ3n) is 3.60. The lowest BCUT2D eigenvalue weighted by atomic mass is 10.2. The standard InChI is InChI=1S/C18H18N4O3S/c1-3-25-16-10-12(8-9-14(16)23)11-19-22-17(20-21-18(22)26)13-6-4-5-7-15(13)24-2/h4-11,23H,3H2,1-2H3,(H,21,26). The van der Waals surface area contributed by atoms with Gasteiger partial charge in [0.25, 0.3) is 0 Å². The number of hydrogen-bond donors (Lipinski definition) is 2. The van der Waals surface area contributed by atoms with Crippen LogP contribution in [0.5, 0.6) is 17.2 Å². The van der Waals surface area contributed by atoms with Crippen molar-refractivity contribution in [2.45, 2.75) is 6.92 Å². The summed E-state index contributed by atoms with van der Waals surface area (Å²) in [5.41, 5.74) is 1.51. The number of hydrogen-bond acceptors (Lipinski definition) is 6. The zero-order valence-corrected chi connectivity index (χ0v) is 15.2. The summed E-state index contributed by atoms with van der Waals surface area (Å²) in [5, 5.41) is 21.2. The zero-order chi connectivity index (χ0) is 18.5. The van der Waals surface area contributed by atoms with E-state index in [1.54, 1.807) is 31.5 Å². The van der Waals surface area contributed by atoms with E-state index in [1.807, 2.05) is 31.2 Å². The molecule has 2 N–H and O–H groups in total. The lowest BCUT2D eigenvalue weighted by Gasteiger charge is -2.07. The molecular formula is C18H18N4O3S. The quantitative estimate of drug-likeness (QED) is 0.511. The molecule has 0 atom stereocenters. The highest BCUT2D eigenvalue weighted by Crippen LogP contribution is 2.28. The summed E-state index contributed by atoms with van der Waals surface area (Å²) < 4.78 is 12.6. The lowest BCUT2D eigenvalue weighted by molar-refractivity contribution is 0.318. The molecule has 0 saturated heterocycles. The van der Waals surface area contributed by atoms with Gasteiger partial charge in [-0.1, -0.05) is 12.1 Å². The molecular weight excluding hydrogens is 352 g/mol. The zero-order valence-electron chi connectivity index (χ0n) is 14.3. The van der Waals surface area contributed by atoms with Crippen LogP contribution < -0.4 is 9.47 Å². The van der Waals surface area contributed by atoms with Crippen molar-refractivity contribution in [2.75, 3.05) is 13.7 Å². The molecule has 2 aromatic carbocycles. The topological polar surface area (TPSA) is 84.7 Å². The number of rotatable bonds is 6. The number of phenolic OH excluding ortho intramolecular Hbond substituents is 1. The van der Waals surface area contributed by atoms with Gasteiger partial charge < -0.3 is 14.6 Å². The fourth-order valence-corrected chi connectivity index (χ4v) is 2.59. The van der Waals surface area contributed by atoms with E-state index in [2.05, 4.69) is 15.3 Å². The fraction of sp³-hybridized carbons (Fsp3) is 0.167. The monoisotopic (exact) mass is 370 g/mol. The van der Waals surface area contributed by atoms with Crippen LogP contribution in [-0.4, -0.2) is 39.9 Å². The number of ether oxygens (including phenoxy) is 2. The molecule has 0 unspecified atom stereocenters. The number of nitrogens with one attached hydrogen (secondary N) is 1. The predicted molar refractivity (Wildman–Crippen MR) is 102 cm³/mol. The van der Waals surface area contributed by atoms with E-state index in [0.29, 0.717) is 28.7 Å². The van der Waals surface area contributed by atoms with Gasteiger partial charge in [0.15, 0.2) is 17.3 Å². The van der Waals surface area contributed by atoms with Crippen LogP contribution in [0, 0.1) is 4.77 Å². The molecule has 3 aromatic rings. The molecule has 0 aliphatic carbocycles. The maximum Gasteiger partial charge on any atom is 0.216 e. The molecule has 8 heteroatoms. The van der Waals surface area contributed by atoms with E-state index in [0.717, 1.165) is 11.1 Å². The Hall–Kier alpha value is -3.13. The summed E-state index contributed by atoms with van der Waals surface area (Å²) in [6, 6.07) is 12.5. The first kappa shape index (κ1) is 17.7. The van der Waals surface area contributed by atoms with Gasteiger partial charge >= 0.3 is 0 Å². The van der Waals surface area contributed by atoms with E-state index in [9.17, 15) is 5.11 Å². The van der Waals surface area contributed by atoms with Crippen LogP contribution in [0.4, 0.5) is 0 Å². The first-order chi connectivity index (χ1) is 12.6. The Bertz CT molecular complexity index is 994. The summed E-state index contributed by atoms with van der Waals surface area (Å²) in [7, 11) is 1.60. The molecule has 7 nitrogen and oxygen atoms in total. The van der Waals surface area contributed by atoms with Gasteiger partial charge in [0, 0.05) is 0 Å². The van der Waals surface area contributed by atoms with Gasteiger partial charge in [0.2, 0.25) is 4.77 Å². The first-order valence-corrected chi connectivity index (χ1v) is 8.35. The molecule has 0 saturated carbocycles. The van der Waals surface area contributed by atoms with Gasteiger partial charge in [-0.05, 0) is 55.0 Å². The third-order valence-corrected chi connectivity index (χ3v) is 3.87. The number of benzene rings is 2. The van der Waals surface area contributed by atoms with Gasteiger partial charge in [-0.15, -0.1) is 0 Å². The minimum absolute atomic E-state index is 0.0821. The Morgan fingerprint density at radius 1 is 1.27 bits per heavy atom. The highest BCUT2D eigenvalue weighted by Gasteiger charge is 2.13. The molecule has 0 aliphatic rings. The molecule has 3 rings (SSSR count). The van der Waals surface area contributed by atoms with Crippen LogP contribution in [0.15, 0.2) is 47.6 Å². The molecule has 0 spiro atoms. The number of aromatic amines is 1. The summed E-state index contributed by atoms with van der Waals surface area (Å²) in [5.74, 6) is 1.68.